The standard InChI is InChI=1S/C20H30O3/c1-12-7-6-10-20(5)18(23-20)17(22)15-9-8-13(2)19(4,14(15)3)11-16(12)21/h7,9,13-14,16,18,21H,6,8,10-11H2,1-5H3/b12-7+/t13-,14-,16+,18+,19+,20+/m1/s1. The number of Topliss-reactive ketones (excluding diaryl/α,β-unsaturated/α-hetero) is 1. The summed E-state index contributed by atoms with van der Waals surface area (Å²) >= 11 is 0. The topological polar surface area (TPSA) is 49.8 Å². The van der Waals surface area contributed by atoms with E-state index in [0.29, 0.717) is 12.3 Å². The molecule has 3 heteroatoms. The van der Waals surface area contributed by atoms with Crippen LogP contribution in [-0.4, -0.2) is 28.7 Å². The van der Waals surface area contributed by atoms with Gasteiger partial charge < -0.3 is 9.84 Å². The van der Waals surface area contributed by atoms with Crippen LogP contribution in [0.1, 0.15) is 60.3 Å². The number of rotatable bonds is 0. The molecule has 0 radical (unpaired) electrons. The number of hydrogen-bond donors (Lipinski definition) is 1. The van der Waals surface area contributed by atoms with E-state index in [1.54, 1.807) is 0 Å². The normalized spacial score (nSPS) is 49.9. The van der Waals surface area contributed by atoms with Crippen LogP contribution in [0.15, 0.2) is 23.3 Å². The summed E-state index contributed by atoms with van der Waals surface area (Å²) in [6, 6.07) is 0. The van der Waals surface area contributed by atoms with Gasteiger partial charge in [0.05, 0.1) is 6.10 Å². The lowest BCUT2D eigenvalue weighted by molar-refractivity contribution is -0.118. The van der Waals surface area contributed by atoms with E-state index in [0.717, 1.165) is 30.4 Å². The van der Waals surface area contributed by atoms with Crippen molar-refractivity contribution in [1.29, 1.82) is 0 Å². The van der Waals surface area contributed by atoms with Gasteiger partial charge in [0.15, 0.2) is 5.78 Å². The van der Waals surface area contributed by atoms with Gasteiger partial charge in [0, 0.05) is 0 Å². The van der Waals surface area contributed by atoms with Crippen molar-refractivity contribution in [3.63, 3.8) is 0 Å². The maximum atomic E-state index is 13.0. The highest BCUT2D eigenvalue weighted by atomic mass is 16.6. The number of carbonyl (C=O) groups is 1. The lowest BCUT2D eigenvalue weighted by Gasteiger charge is -2.46. The van der Waals surface area contributed by atoms with Crippen molar-refractivity contribution in [2.45, 2.75) is 78.1 Å². The van der Waals surface area contributed by atoms with Crippen molar-refractivity contribution in [3.05, 3.63) is 23.3 Å². The van der Waals surface area contributed by atoms with E-state index in [1.807, 2.05) is 13.8 Å². The number of allylic oxidation sites excluding steroid dienone is 2. The van der Waals surface area contributed by atoms with Gasteiger partial charge in [0.1, 0.15) is 11.7 Å². The molecular weight excluding hydrogens is 288 g/mol. The lowest BCUT2D eigenvalue weighted by Crippen LogP contribution is -2.42. The van der Waals surface area contributed by atoms with E-state index in [1.165, 1.54) is 0 Å². The van der Waals surface area contributed by atoms with Gasteiger partial charge in [-0.3, -0.25) is 4.79 Å². The second kappa shape index (κ2) is 5.56. The summed E-state index contributed by atoms with van der Waals surface area (Å²) in [6.45, 7) is 10.7. The van der Waals surface area contributed by atoms with Crippen LogP contribution in [-0.2, 0) is 9.53 Å². The molecule has 3 aliphatic rings. The smallest absolute Gasteiger partial charge is 0.190 e. The molecule has 2 bridgehead atoms. The second-order valence-electron chi connectivity index (χ2n) is 8.41. The highest BCUT2D eigenvalue weighted by molar-refractivity contribution is 6.02. The van der Waals surface area contributed by atoms with Crippen LogP contribution in [0.3, 0.4) is 0 Å². The Hall–Kier alpha value is -0.930. The van der Waals surface area contributed by atoms with E-state index >= 15 is 0 Å². The van der Waals surface area contributed by atoms with Crippen LogP contribution >= 0.6 is 0 Å². The fraction of sp³-hybridized carbons (Fsp3) is 0.750. The van der Waals surface area contributed by atoms with Gasteiger partial charge in [-0.25, -0.2) is 0 Å². The van der Waals surface area contributed by atoms with Crippen LogP contribution in [0.5, 0.6) is 0 Å². The molecule has 3 rings (SSSR count). The number of ketones is 1. The minimum atomic E-state index is -0.428. The highest BCUT2D eigenvalue weighted by Gasteiger charge is 2.58. The molecule has 1 N–H and O–H groups in total. The van der Waals surface area contributed by atoms with Crippen LogP contribution in [0, 0.1) is 17.3 Å². The van der Waals surface area contributed by atoms with E-state index in [4.69, 9.17) is 4.74 Å². The Morgan fingerprint density at radius 2 is 1.96 bits per heavy atom. The quantitative estimate of drug-likeness (QED) is 0.546. The average Bonchev–Trinajstić information content (AvgIpc) is 3.16. The molecule has 1 aliphatic heterocycles. The van der Waals surface area contributed by atoms with Gasteiger partial charge in [-0.05, 0) is 67.9 Å². The molecule has 0 saturated carbocycles. The van der Waals surface area contributed by atoms with E-state index < -0.39 is 6.10 Å². The van der Waals surface area contributed by atoms with E-state index in [-0.39, 0.29) is 28.8 Å². The summed E-state index contributed by atoms with van der Waals surface area (Å²) in [5, 5.41) is 10.7. The molecular formula is C20H30O3. The van der Waals surface area contributed by atoms with Gasteiger partial charge in [-0.2, -0.15) is 0 Å². The SMILES string of the molecule is C/C1=C\CC[C@]2(C)O[C@H]2C(=O)C2=CC[C@@H](C)[C@](C)(C[C@@H]1O)[C@@H]2C. The Kier molecular flexibility index (Phi) is 4.09. The predicted molar refractivity (Wildman–Crippen MR) is 91.0 cm³/mol. The molecule has 0 aromatic carbocycles. The fourth-order valence-electron chi connectivity index (χ4n) is 4.43. The molecule has 128 valence electrons. The Labute approximate surface area is 139 Å². The Morgan fingerprint density at radius 3 is 2.65 bits per heavy atom. The summed E-state index contributed by atoms with van der Waals surface area (Å²) in [6.07, 6.45) is 6.86. The number of epoxide rings is 1. The summed E-state index contributed by atoms with van der Waals surface area (Å²) in [5.41, 5.74) is 1.58. The largest absolute Gasteiger partial charge is 0.389 e. The minimum absolute atomic E-state index is 0.0707. The van der Waals surface area contributed by atoms with Gasteiger partial charge >= 0.3 is 0 Å². The van der Waals surface area contributed by atoms with Crippen LogP contribution in [0.2, 0.25) is 0 Å². The molecule has 0 amide bonds. The average molecular weight is 318 g/mol. The van der Waals surface area contributed by atoms with Gasteiger partial charge in [0.2, 0.25) is 0 Å². The molecule has 6 atom stereocenters. The number of fused-ring (bicyclic) bond motifs is 3. The first-order chi connectivity index (χ1) is 10.7. The van der Waals surface area contributed by atoms with Crippen LogP contribution < -0.4 is 0 Å². The minimum Gasteiger partial charge on any atom is -0.389 e. The lowest BCUT2D eigenvalue weighted by atomic mass is 9.58. The molecule has 1 heterocycles. The monoisotopic (exact) mass is 318 g/mol. The molecule has 1 fully saturated rings. The fourth-order valence-corrected chi connectivity index (χ4v) is 4.43. The number of ether oxygens (including phenoxy) is 1. The first kappa shape index (κ1) is 16.9. The molecule has 0 aromatic heterocycles. The Morgan fingerprint density at radius 1 is 1.26 bits per heavy atom. The molecule has 0 aromatic rings. The maximum Gasteiger partial charge on any atom is 0.190 e. The molecule has 0 spiro atoms. The predicted octanol–water partition coefficient (Wildman–Crippen LogP) is 3.81. The third-order valence-corrected chi connectivity index (χ3v) is 6.95. The second-order valence-corrected chi connectivity index (χ2v) is 8.41. The number of carbonyl (C=O) groups excluding carboxylic acids is 1. The van der Waals surface area contributed by atoms with E-state index in [9.17, 15) is 9.90 Å². The summed E-state index contributed by atoms with van der Waals surface area (Å²) in [7, 11) is 0. The molecule has 2 aliphatic carbocycles. The third kappa shape index (κ3) is 2.72. The number of aliphatic hydroxyl groups excluding tert-OH is 1. The first-order valence-electron chi connectivity index (χ1n) is 8.96. The zero-order valence-electron chi connectivity index (χ0n) is 15.1. The molecule has 1 saturated heterocycles. The molecule has 0 unspecified atom stereocenters. The number of aliphatic hydroxyl groups is 1. The third-order valence-electron chi connectivity index (χ3n) is 6.95. The van der Waals surface area contributed by atoms with Gasteiger partial charge in [-0.15, -0.1) is 0 Å². The van der Waals surface area contributed by atoms with Crippen molar-refractivity contribution in [2.24, 2.45) is 17.3 Å². The number of hydrogen-bond acceptors (Lipinski definition) is 3. The van der Waals surface area contributed by atoms with Gasteiger partial charge in [0.25, 0.3) is 0 Å². The van der Waals surface area contributed by atoms with Crippen molar-refractivity contribution < 1.29 is 14.6 Å². The summed E-state index contributed by atoms with van der Waals surface area (Å²) < 4.78 is 5.81. The van der Waals surface area contributed by atoms with Gasteiger partial charge in [-0.1, -0.05) is 32.9 Å². The molecule has 3 nitrogen and oxygen atoms in total. The first-order valence-corrected chi connectivity index (χ1v) is 8.96. The van der Waals surface area contributed by atoms with Crippen molar-refractivity contribution >= 4 is 5.78 Å². The summed E-state index contributed by atoms with van der Waals surface area (Å²) in [5.74, 6) is 0.772. The maximum absolute atomic E-state index is 13.0. The van der Waals surface area contributed by atoms with E-state index in [2.05, 4.69) is 32.9 Å². The molecule has 23 heavy (non-hydrogen) atoms. The Bertz CT molecular complexity index is 575. The van der Waals surface area contributed by atoms with Crippen LogP contribution in [0.4, 0.5) is 0 Å². The Balaban J connectivity index is 2.00. The summed E-state index contributed by atoms with van der Waals surface area (Å²) in [4.78, 5) is 13.0. The zero-order valence-corrected chi connectivity index (χ0v) is 15.1. The van der Waals surface area contributed by atoms with Crippen molar-refractivity contribution in [2.75, 3.05) is 0 Å². The van der Waals surface area contributed by atoms with Crippen molar-refractivity contribution in [1.82, 2.24) is 0 Å². The highest BCUT2D eigenvalue weighted by Crippen LogP contribution is 2.52. The van der Waals surface area contributed by atoms with Crippen LogP contribution in [0.25, 0.3) is 0 Å². The zero-order chi connectivity index (χ0) is 17.0. The van der Waals surface area contributed by atoms with Crippen molar-refractivity contribution in [3.8, 4) is 0 Å².